The van der Waals surface area contributed by atoms with E-state index in [1.54, 1.807) is 0 Å². The van der Waals surface area contributed by atoms with Crippen LogP contribution in [0.5, 0.6) is 0 Å². The van der Waals surface area contributed by atoms with Gasteiger partial charge in [0.2, 0.25) is 0 Å². The molecule has 0 unspecified atom stereocenters. The maximum absolute atomic E-state index is 4.20. The van der Waals surface area contributed by atoms with Crippen LogP contribution in [0.1, 0.15) is 6.92 Å². The van der Waals surface area contributed by atoms with Gasteiger partial charge in [-0.05, 0) is 0 Å². The fourth-order valence-corrected chi connectivity index (χ4v) is 2.21. The minimum atomic E-state index is -0.555. The number of nitrogens with zero attached hydrogens (tertiary/aromatic N) is 1. The predicted octanol–water partition coefficient (Wildman–Crippen LogP) is 1.31. The topological polar surface area (TPSA) is 12.4 Å². The Labute approximate surface area is 54.4 Å². The molecule has 0 saturated carbocycles. The Balaban J connectivity index is 2.82. The molecule has 0 aromatic heterocycles. The summed E-state index contributed by atoms with van der Waals surface area (Å²) < 4.78 is 5.72. The predicted molar refractivity (Wildman–Crippen MR) is 31.1 cm³/mol. The molecule has 0 saturated heterocycles. The molecule has 1 nitrogen and oxygen atoms in total. The first-order chi connectivity index (χ1) is 3.39. The van der Waals surface area contributed by atoms with E-state index in [4.69, 9.17) is 0 Å². The summed E-state index contributed by atoms with van der Waals surface area (Å²) in [5, 5.41) is 0. The second kappa shape index (κ2) is 2.46. The van der Waals surface area contributed by atoms with E-state index in [2.05, 4.69) is 15.9 Å². The Morgan fingerprint density at radius 1 is 1.71 bits per heavy atom. The molecule has 0 atom stereocenters. The molecule has 1 heterocycles. The van der Waals surface area contributed by atoms with Gasteiger partial charge in [-0.1, -0.05) is 0 Å². The van der Waals surface area contributed by atoms with Crippen LogP contribution in [0.25, 0.3) is 0 Å². The van der Waals surface area contributed by atoms with Crippen LogP contribution in [-0.4, -0.2) is 22.7 Å². The van der Waals surface area contributed by atoms with Crippen LogP contribution < -0.4 is 0 Å². The van der Waals surface area contributed by atoms with E-state index in [-0.39, 0.29) is 0 Å². The van der Waals surface area contributed by atoms with Crippen LogP contribution in [0, 0.1) is 0 Å². The average Bonchev–Trinajstić information content (AvgIpc) is 1.69. The van der Waals surface area contributed by atoms with Crippen molar-refractivity contribution in [2.75, 3.05) is 0 Å². The molecule has 1 rings (SSSR count). The first-order valence-corrected chi connectivity index (χ1v) is 5.38. The third-order valence-corrected chi connectivity index (χ3v) is 3.44. The number of hydrogen-bond acceptors (Lipinski definition) is 1. The van der Waals surface area contributed by atoms with Gasteiger partial charge in [0.15, 0.2) is 0 Å². The van der Waals surface area contributed by atoms with E-state index in [0.29, 0.717) is 0 Å². The summed E-state index contributed by atoms with van der Waals surface area (Å²) in [5.41, 5.74) is 0. The molecule has 2 heteroatoms. The Bertz CT molecular complexity index is 144. The summed E-state index contributed by atoms with van der Waals surface area (Å²) in [6.45, 7) is 2.16. The number of rotatable bonds is 0. The van der Waals surface area contributed by atoms with Gasteiger partial charge in [0.05, 0.1) is 0 Å². The molecule has 0 aliphatic carbocycles. The quantitative estimate of drug-likeness (QED) is 0.552. The Kier molecular flexibility index (Phi) is 1.86. The molecule has 0 fully saturated rings. The summed E-state index contributed by atoms with van der Waals surface area (Å²) in [7, 11) is 0. The molecule has 1 aliphatic heterocycles. The van der Waals surface area contributed by atoms with Crippen LogP contribution in [0.3, 0.4) is 0 Å². The zero-order valence-electron chi connectivity index (χ0n) is 4.26. The molecule has 0 bridgehead atoms. The van der Waals surface area contributed by atoms with Gasteiger partial charge in [0, 0.05) is 0 Å². The molecular weight excluding hydrogens is 189 g/mol. The van der Waals surface area contributed by atoms with Gasteiger partial charge < -0.3 is 0 Å². The molecular formula is C5H6InN. The minimum absolute atomic E-state index is 0.555. The van der Waals surface area contributed by atoms with E-state index in [1.165, 1.54) is 3.33 Å². The van der Waals surface area contributed by atoms with E-state index in [0.717, 1.165) is 0 Å². The third-order valence-electron chi connectivity index (χ3n) is 0.809. The van der Waals surface area contributed by atoms with Gasteiger partial charge in [-0.3, -0.25) is 0 Å². The SMILES string of the molecule is C[C]1=CC=C[N]=[In]1. The van der Waals surface area contributed by atoms with E-state index in [9.17, 15) is 0 Å². The van der Waals surface area contributed by atoms with Crippen LogP contribution in [-0.2, 0) is 0 Å². The fraction of sp³-hybridized carbons (Fsp3) is 0.200. The summed E-state index contributed by atoms with van der Waals surface area (Å²) in [4.78, 5) is 0. The van der Waals surface area contributed by atoms with Crippen molar-refractivity contribution in [3.05, 3.63) is 21.7 Å². The Morgan fingerprint density at radius 2 is 2.57 bits per heavy atom. The zero-order chi connectivity index (χ0) is 5.11. The summed E-state index contributed by atoms with van der Waals surface area (Å²) in [6, 6.07) is 0. The van der Waals surface area contributed by atoms with Crippen molar-refractivity contribution in [3.63, 3.8) is 0 Å². The van der Waals surface area contributed by atoms with Gasteiger partial charge in [0.1, 0.15) is 0 Å². The van der Waals surface area contributed by atoms with Crippen LogP contribution >= 0.6 is 0 Å². The number of allylic oxidation sites excluding steroid dienone is 3. The Hall–Kier alpha value is 0.150. The van der Waals surface area contributed by atoms with Crippen molar-refractivity contribution in [1.29, 1.82) is 0 Å². The maximum atomic E-state index is 4.20. The Morgan fingerprint density at radius 3 is 2.86 bits per heavy atom. The first-order valence-electron chi connectivity index (χ1n) is 2.26. The van der Waals surface area contributed by atoms with Gasteiger partial charge in [0.25, 0.3) is 0 Å². The van der Waals surface area contributed by atoms with E-state index < -0.39 is 22.7 Å². The van der Waals surface area contributed by atoms with E-state index >= 15 is 0 Å². The van der Waals surface area contributed by atoms with Crippen molar-refractivity contribution in [3.8, 4) is 0 Å². The standard InChI is InChI=1S/C5H6N.In/c1-2-3-4-5-6;/h3-5H,1H3;. The summed E-state index contributed by atoms with van der Waals surface area (Å²) in [6.07, 6.45) is 6.08. The average molecular weight is 195 g/mol. The summed E-state index contributed by atoms with van der Waals surface area (Å²) >= 11 is -0.555. The summed E-state index contributed by atoms with van der Waals surface area (Å²) in [5.74, 6) is 0. The van der Waals surface area contributed by atoms with Crippen molar-refractivity contribution in [1.82, 2.24) is 0 Å². The molecule has 0 amide bonds. The van der Waals surface area contributed by atoms with Gasteiger partial charge in [-0.25, -0.2) is 0 Å². The molecule has 0 spiro atoms. The zero-order valence-corrected chi connectivity index (χ0v) is 7.55. The second-order valence-electron chi connectivity index (χ2n) is 1.53. The molecule has 34 valence electrons. The molecule has 0 radical (unpaired) electrons. The number of hydrogen-bond donors (Lipinski definition) is 0. The van der Waals surface area contributed by atoms with Crippen molar-refractivity contribution < 1.29 is 0 Å². The van der Waals surface area contributed by atoms with Gasteiger partial charge >= 0.3 is 54.3 Å². The molecule has 0 aromatic carbocycles. The van der Waals surface area contributed by atoms with Crippen molar-refractivity contribution in [2.45, 2.75) is 6.92 Å². The molecule has 0 aromatic rings. The normalized spacial score (nSPS) is 15.9. The van der Waals surface area contributed by atoms with E-state index in [1.807, 2.05) is 12.3 Å². The van der Waals surface area contributed by atoms with Crippen molar-refractivity contribution in [2.24, 2.45) is 2.92 Å². The first kappa shape index (κ1) is 5.29. The third kappa shape index (κ3) is 1.59. The molecule has 7 heavy (non-hydrogen) atoms. The fourth-order valence-electron chi connectivity index (χ4n) is 0.448. The van der Waals surface area contributed by atoms with Crippen molar-refractivity contribution >= 4 is 22.7 Å². The van der Waals surface area contributed by atoms with Gasteiger partial charge in [-0.15, -0.1) is 0 Å². The molecule has 0 N–H and O–H groups in total. The second-order valence-corrected chi connectivity index (χ2v) is 5.72. The van der Waals surface area contributed by atoms with Crippen LogP contribution in [0.2, 0.25) is 0 Å². The van der Waals surface area contributed by atoms with Crippen LogP contribution in [0.15, 0.2) is 24.6 Å². The van der Waals surface area contributed by atoms with Crippen LogP contribution in [0.4, 0.5) is 0 Å². The molecule has 1 aliphatic rings. The monoisotopic (exact) mass is 195 g/mol. The van der Waals surface area contributed by atoms with Gasteiger partial charge in [-0.2, -0.15) is 0 Å².